The zero-order chi connectivity index (χ0) is 14.1. The van der Waals surface area contributed by atoms with Gasteiger partial charge in [0.25, 0.3) is 0 Å². The fraction of sp³-hybridized carbons (Fsp3) is 0.750. The monoisotopic (exact) mass is 264 g/mol. The molecule has 0 fully saturated rings. The fourth-order valence-electron chi connectivity index (χ4n) is 2.30. The number of carbonyl (C=O) groups is 1. The molecule has 3 heteroatoms. The van der Waals surface area contributed by atoms with Crippen LogP contribution in [0.2, 0.25) is 0 Å². The molecule has 0 aliphatic heterocycles. The Morgan fingerprint density at radius 2 is 1.79 bits per heavy atom. The van der Waals surface area contributed by atoms with Gasteiger partial charge in [-0.1, -0.05) is 46.0 Å². The number of unbranched alkanes of at least 4 members (excludes halogenated alkanes) is 5. The zero-order valence-corrected chi connectivity index (χ0v) is 12.7. The van der Waals surface area contributed by atoms with Gasteiger partial charge in [-0.25, -0.2) is 0 Å². The Hall–Kier alpha value is -1.12. The number of hydrogen-bond donors (Lipinski definition) is 0. The number of hydrogen-bond acceptors (Lipinski definition) is 2. The van der Waals surface area contributed by atoms with Crippen LogP contribution in [0.1, 0.15) is 81.9 Å². The molecule has 0 amide bonds. The fourth-order valence-corrected chi connectivity index (χ4v) is 2.30. The van der Waals surface area contributed by atoms with E-state index in [9.17, 15) is 4.79 Å². The smallest absolute Gasteiger partial charge is 0.180 e. The van der Waals surface area contributed by atoms with Gasteiger partial charge in [0.05, 0.1) is 5.69 Å². The highest BCUT2D eigenvalue weighted by Gasteiger charge is 2.13. The van der Waals surface area contributed by atoms with Gasteiger partial charge in [-0.2, -0.15) is 5.10 Å². The number of Topliss-reactive ketones (excluding diaryl/α,β-unsaturated/α-hetero) is 1. The maximum absolute atomic E-state index is 12.2. The quantitative estimate of drug-likeness (QED) is 0.464. The van der Waals surface area contributed by atoms with Crippen LogP contribution in [0.5, 0.6) is 0 Å². The van der Waals surface area contributed by atoms with E-state index in [2.05, 4.69) is 18.9 Å². The third-order valence-corrected chi connectivity index (χ3v) is 3.54. The normalized spacial score (nSPS) is 10.9. The van der Waals surface area contributed by atoms with Crippen molar-refractivity contribution in [2.24, 2.45) is 0 Å². The molecule has 0 saturated carbocycles. The van der Waals surface area contributed by atoms with Gasteiger partial charge in [-0.15, -0.1) is 0 Å². The summed E-state index contributed by atoms with van der Waals surface area (Å²) < 4.78 is 1.85. The average molecular weight is 264 g/mol. The molecule has 0 unspecified atom stereocenters. The second-order valence-electron chi connectivity index (χ2n) is 5.13. The molecule has 108 valence electrons. The predicted octanol–water partition coefficient (Wildman–Crippen LogP) is 4.40. The van der Waals surface area contributed by atoms with E-state index in [-0.39, 0.29) is 5.78 Å². The van der Waals surface area contributed by atoms with Gasteiger partial charge in [0.2, 0.25) is 0 Å². The van der Waals surface area contributed by atoms with Crippen LogP contribution in [0.15, 0.2) is 6.07 Å². The van der Waals surface area contributed by atoms with E-state index in [1.54, 1.807) is 0 Å². The molecule has 0 atom stereocenters. The van der Waals surface area contributed by atoms with Gasteiger partial charge in [-0.05, 0) is 25.8 Å². The van der Waals surface area contributed by atoms with Crippen LogP contribution in [0.25, 0.3) is 0 Å². The number of nitrogens with zero attached hydrogens (tertiary/aromatic N) is 2. The molecule has 3 nitrogen and oxygen atoms in total. The number of rotatable bonds is 10. The molecular formula is C16H28N2O. The van der Waals surface area contributed by atoms with E-state index in [0.29, 0.717) is 6.42 Å². The SMILES string of the molecule is CCCCCCCCC(=O)c1cc(CC)nn1CC. The third kappa shape index (κ3) is 5.17. The topological polar surface area (TPSA) is 34.9 Å². The van der Waals surface area contributed by atoms with Crippen LogP contribution in [-0.2, 0) is 13.0 Å². The van der Waals surface area contributed by atoms with Crippen LogP contribution in [0.3, 0.4) is 0 Å². The van der Waals surface area contributed by atoms with Crippen molar-refractivity contribution in [2.75, 3.05) is 0 Å². The Kier molecular flexibility index (Phi) is 7.46. The van der Waals surface area contributed by atoms with E-state index < -0.39 is 0 Å². The second-order valence-corrected chi connectivity index (χ2v) is 5.13. The van der Waals surface area contributed by atoms with Crippen LogP contribution < -0.4 is 0 Å². The van der Waals surface area contributed by atoms with Crippen LogP contribution in [0, 0.1) is 0 Å². The van der Waals surface area contributed by atoms with E-state index >= 15 is 0 Å². The highest BCUT2D eigenvalue weighted by Crippen LogP contribution is 2.12. The average Bonchev–Trinajstić information content (AvgIpc) is 2.86. The van der Waals surface area contributed by atoms with Gasteiger partial charge in [-0.3, -0.25) is 9.48 Å². The standard InChI is InChI=1S/C16H28N2O/c1-4-7-8-9-10-11-12-16(19)15-13-14(5-2)17-18(15)6-3/h13H,4-12H2,1-3H3. The number of aryl methyl sites for hydroxylation is 2. The largest absolute Gasteiger partial charge is 0.292 e. The molecule has 19 heavy (non-hydrogen) atoms. The molecule has 0 spiro atoms. The van der Waals surface area contributed by atoms with Crippen molar-refractivity contribution in [1.29, 1.82) is 0 Å². The summed E-state index contributed by atoms with van der Waals surface area (Å²) in [5, 5.41) is 4.43. The van der Waals surface area contributed by atoms with E-state index in [4.69, 9.17) is 0 Å². The number of carbonyl (C=O) groups excluding carboxylic acids is 1. The second kappa shape index (κ2) is 8.89. The predicted molar refractivity (Wildman–Crippen MR) is 79.6 cm³/mol. The van der Waals surface area contributed by atoms with Crippen molar-refractivity contribution < 1.29 is 4.79 Å². The molecule has 1 rings (SSSR count). The summed E-state index contributed by atoms with van der Waals surface area (Å²) in [6.07, 6.45) is 8.90. The summed E-state index contributed by atoms with van der Waals surface area (Å²) in [5.74, 6) is 0.254. The molecule has 1 aromatic heterocycles. The first-order valence-electron chi connectivity index (χ1n) is 7.82. The molecule has 0 bridgehead atoms. The van der Waals surface area contributed by atoms with Crippen molar-refractivity contribution in [3.63, 3.8) is 0 Å². The summed E-state index contributed by atoms with van der Waals surface area (Å²) in [5.41, 5.74) is 1.82. The molecular weight excluding hydrogens is 236 g/mol. The maximum atomic E-state index is 12.2. The van der Waals surface area contributed by atoms with Crippen molar-refractivity contribution in [1.82, 2.24) is 9.78 Å². The lowest BCUT2D eigenvalue weighted by Gasteiger charge is -2.03. The number of ketones is 1. The first kappa shape index (κ1) is 15.9. The first-order valence-corrected chi connectivity index (χ1v) is 7.82. The van der Waals surface area contributed by atoms with Gasteiger partial charge < -0.3 is 0 Å². The third-order valence-electron chi connectivity index (χ3n) is 3.54. The summed E-state index contributed by atoms with van der Waals surface area (Å²) >= 11 is 0. The summed E-state index contributed by atoms with van der Waals surface area (Å²) in [6.45, 7) is 7.11. The minimum atomic E-state index is 0.254. The van der Waals surface area contributed by atoms with Gasteiger partial charge in [0.15, 0.2) is 5.78 Å². The van der Waals surface area contributed by atoms with Crippen LogP contribution >= 0.6 is 0 Å². The van der Waals surface area contributed by atoms with Gasteiger partial charge in [0.1, 0.15) is 5.69 Å². The molecule has 0 aliphatic rings. The molecule has 0 N–H and O–H groups in total. The number of aromatic nitrogens is 2. The van der Waals surface area contributed by atoms with Crippen molar-refractivity contribution >= 4 is 5.78 Å². The first-order chi connectivity index (χ1) is 9.22. The van der Waals surface area contributed by atoms with Crippen LogP contribution in [-0.4, -0.2) is 15.6 Å². The summed E-state index contributed by atoms with van der Waals surface area (Å²) in [4.78, 5) is 12.2. The van der Waals surface area contributed by atoms with E-state index in [1.807, 2.05) is 17.7 Å². The Bertz CT molecular complexity index is 382. The lowest BCUT2D eigenvalue weighted by atomic mass is 10.1. The molecule has 0 aromatic carbocycles. The summed E-state index contributed by atoms with van der Waals surface area (Å²) in [7, 11) is 0. The minimum Gasteiger partial charge on any atom is -0.292 e. The summed E-state index contributed by atoms with van der Waals surface area (Å²) in [6, 6.07) is 1.96. The Morgan fingerprint density at radius 1 is 1.11 bits per heavy atom. The Balaban J connectivity index is 2.38. The molecule has 1 heterocycles. The van der Waals surface area contributed by atoms with E-state index in [0.717, 1.165) is 30.8 Å². The highest BCUT2D eigenvalue weighted by molar-refractivity contribution is 5.94. The van der Waals surface area contributed by atoms with Gasteiger partial charge in [0, 0.05) is 13.0 Å². The maximum Gasteiger partial charge on any atom is 0.180 e. The molecule has 0 saturated heterocycles. The molecule has 0 radical (unpaired) electrons. The van der Waals surface area contributed by atoms with E-state index in [1.165, 1.54) is 32.1 Å². The Morgan fingerprint density at radius 3 is 2.42 bits per heavy atom. The Labute approximate surface area is 117 Å². The highest BCUT2D eigenvalue weighted by atomic mass is 16.1. The molecule has 1 aromatic rings. The minimum absolute atomic E-state index is 0.254. The zero-order valence-electron chi connectivity index (χ0n) is 12.7. The van der Waals surface area contributed by atoms with Gasteiger partial charge >= 0.3 is 0 Å². The van der Waals surface area contributed by atoms with Crippen LogP contribution in [0.4, 0.5) is 0 Å². The lowest BCUT2D eigenvalue weighted by molar-refractivity contribution is 0.0968. The van der Waals surface area contributed by atoms with Crippen molar-refractivity contribution in [3.8, 4) is 0 Å². The van der Waals surface area contributed by atoms with Crippen molar-refractivity contribution in [2.45, 2.75) is 78.7 Å². The van der Waals surface area contributed by atoms with Crippen molar-refractivity contribution in [3.05, 3.63) is 17.5 Å². The molecule has 0 aliphatic carbocycles. The lowest BCUT2D eigenvalue weighted by Crippen LogP contribution is -2.09.